The Morgan fingerprint density at radius 3 is 2.39 bits per heavy atom. The molecular formula is C24H27F2N3O2. The van der Waals surface area contributed by atoms with Gasteiger partial charge in [-0.3, -0.25) is 9.48 Å². The lowest BCUT2D eigenvalue weighted by Crippen LogP contribution is -2.21. The number of nitrogens with zero attached hydrogens (tertiary/aromatic N) is 2. The van der Waals surface area contributed by atoms with E-state index in [2.05, 4.69) is 19.2 Å². The number of rotatable bonds is 5. The summed E-state index contributed by atoms with van der Waals surface area (Å²) in [6.07, 6.45) is 6.60. The van der Waals surface area contributed by atoms with Gasteiger partial charge in [-0.15, -0.1) is 0 Å². The molecule has 1 heterocycles. The van der Waals surface area contributed by atoms with Crippen LogP contribution >= 0.6 is 0 Å². The summed E-state index contributed by atoms with van der Waals surface area (Å²) in [6.45, 7) is 4.57. The first-order chi connectivity index (χ1) is 14.8. The first-order valence-corrected chi connectivity index (χ1v) is 10.7. The molecule has 1 aliphatic rings. The van der Waals surface area contributed by atoms with E-state index < -0.39 is 17.5 Å². The quantitative estimate of drug-likeness (QED) is 0.546. The van der Waals surface area contributed by atoms with Gasteiger partial charge in [-0.2, -0.15) is 5.10 Å². The molecule has 0 unspecified atom stereocenters. The molecular weight excluding hydrogens is 400 g/mol. The lowest BCUT2D eigenvalue weighted by atomic mass is 9.80. The molecule has 1 fully saturated rings. The number of carbonyl (C=O) groups excluding carboxylic acids is 1. The number of aromatic nitrogens is 2. The van der Waals surface area contributed by atoms with E-state index in [9.17, 15) is 13.6 Å². The Morgan fingerprint density at radius 1 is 1.10 bits per heavy atom. The molecule has 5 nitrogen and oxygen atoms in total. The first kappa shape index (κ1) is 21.3. The molecule has 0 radical (unpaired) electrons. The highest BCUT2D eigenvalue weighted by molar-refractivity contribution is 6.06. The Hall–Kier alpha value is -2.96. The molecule has 4 rings (SSSR count). The Kier molecular flexibility index (Phi) is 5.94. The summed E-state index contributed by atoms with van der Waals surface area (Å²) in [5, 5.41) is 8.31. The van der Waals surface area contributed by atoms with E-state index in [1.165, 1.54) is 20.0 Å². The van der Waals surface area contributed by atoms with Gasteiger partial charge in [0.25, 0.3) is 5.91 Å². The van der Waals surface area contributed by atoms with Crippen LogP contribution in [0.25, 0.3) is 10.9 Å². The highest BCUT2D eigenvalue weighted by Gasteiger charge is 2.25. The number of benzene rings is 2. The average Bonchev–Trinajstić information content (AvgIpc) is 3.15. The fourth-order valence-electron chi connectivity index (χ4n) is 4.44. The van der Waals surface area contributed by atoms with Crippen molar-refractivity contribution in [3.05, 3.63) is 53.7 Å². The molecule has 2 aromatic carbocycles. The fourth-order valence-corrected chi connectivity index (χ4v) is 4.44. The second kappa shape index (κ2) is 8.65. The minimum atomic E-state index is -0.805. The topological polar surface area (TPSA) is 56.1 Å². The normalized spacial score (nSPS) is 19.0. The highest BCUT2D eigenvalue weighted by Crippen LogP contribution is 2.37. The van der Waals surface area contributed by atoms with Crippen LogP contribution in [0.5, 0.6) is 5.75 Å². The third kappa shape index (κ3) is 4.55. The van der Waals surface area contributed by atoms with Crippen molar-refractivity contribution < 1.29 is 18.3 Å². The Morgan fingerprint density at radius 2 is 1.77 bits per heavy atom. The molecule has 3 aromatic rings. The van der Waals surface area contributed by atoms with Crippen LogP contribution in [0, 0.1) is 23.5 Å². The van der Waals surface area contributed by atoms with Crippen molar-refractivity contribution in [1.82, 2.24) is 9.78 Å². The van der Waals surface area contributed by atoms with Gasteiger partial charge in [-0.25, -0.2) is 8.78 Å². The summed E-state index contributed by atoms with van der Waals surface area (Å²) in [5.41, 5.74) is 1.10. The second-order valence-electron chi connectivity index (χ2n) is 8.65. The van der Waals surface area contributed by atoms with E-state index in [0.29, 0.717) is 23.4 Å². The maximum atomic E-state index is 13.5. The maximum Gasteiger partial charge on any atom is 0.255 e. The molecule has 1 aliphatic carbocycles. The van der Waals surface area contributed by atoms with Crippen LogP contribution in [-0.2, 0) is 0 Å². The average molecular weight is 427 g/mol. The lowest BCUT2D eigenvalue weighted by molar-refractivity contribution is 0.102. The number of anilines is 1. The van der Waals surface area contributed by atoms with Crippen molar-refractivity contribution in [3.8, 4) is 5.75 Å². The van der Waals surface area contributed by atoms with Crippen molar-refractivity contribution in [2.24, 2.45) is 11.8 Å². The second-order valence-corrected chi connectivity index (χ2v) is 8.65. The van der Waals surface area contributed by atoms with Crippen LogP contribution in [0.4, 0.5) is 14.5 Å². The molecule has 1 saturated carbocycles. The Bertz CT molecular complexity index is 1080. The van der Waals surface area contributed by atoms with Gasteiger partial charge in [-0.1, -0.05) is 13.8 Å². The van der Waals surface area contributed by atoms with Crippen molar-refractivity contribution in [3.63, 3.8) is 0 Å². The summed E-state index contributed by atoms with van der Waals surface area (Å²) < 4.78 is 34.4. The number of ether oxygens (including phenoxy) is 1. The maximum absolute atomic E-state index is 13.5. The summed E-state index contributed by atoms with van der Waals surface area (Å²) in [5.74, 6) is -0.306. The number of hydrogen-bond donors (Lipinski definition) is 1. The van der Waals surface area contributed by atoms with E-state index in [0.717, 1.165) is 47.9 Å². The summed E-state index contributed by atoms with van der Waals surface area (Å²) in [7, 11) is 1.50. The number of nitrogens with one attached hydrogen (secondary N) is 1. The largest absolute Gasteiger partial charge is 0.494 e. The van der Waals surface area contributed by atoms with Gasteiger partial charge in [0.2, 0.25) is 0 Å². The van der Waals surface area contributed by atoms with Gasteiger partial charge in [0.1, 0.15) is 17.4 Å². The van der Waals surface area contributed by atoms with Gasteiger partial charge in [0, 0.05) is 29.3 Å². The number of fused-ring (bicyclic) bond motifs is 1. The zero-order chi connectivity index (χ0) is 22.1. The molecule has 0 saturated heterocycles. The van der Waals surface area contributed by atoms with E-state index in [-0.39, 0.29) is 5.56 Å². The van der Waals surface area contributed by atoms with Crippen molar-refractivity contribution in [2.75, 3.05) is 12.4 Å². The minimum absolute atomic E-state index is 0.0998. The van der Waals surface area contributed by atoms with Gasteiger partial charge >= 0.3 is 0 Å². The molecule has 1 N–H and O–H groups in total. The molecule has 7 heteroatoms. The molecule has 164 valence electrons. The van der Waals surface area contributed by atoms with E-state index in [1.807, 2.05) is 10.9 Å². The summed E-state index contributed by atoms with van der Waals surface area (Å²) in [4.78, 5) is 12.5. The fraction of sp³-hybridized carbons (Fsp3) is 0.417. The third-order valence-electron chi connectivity index (χ3n) is 6.27. The first-order valence-electron chi connectivity index (χ1n) is 10.7. The van der Waals surface area contributed by atoms with Gasteiger partial charge in [0.15, 0.2) is 0 Å². The van der Waals surface area contributed by atoms with Crippen molar-refractivity contribution in [1.29, 1.82) is 0 Å². The molecule has 0 aliphatic heterocycles. The molecule has 1 amide bonds. The molecule has 0 spiro atoms. The number of methoxy groups -OCH3 is 1. The molecule has 0 bridgehead atoms. The van der Waals surface area contributed by atoms with Gasteiger partial charge < -0.3 is 10.1 Å². The number of carbonyl (C=O) groups is 1. The highest BCUT2D eigenvalue weighted by atomic mass is 19.1. The summed E-state index contributed by atoms with van der Waals surface area (Å²) in [6, 6.07) is 6.64. The monoisotopic (exact) mass is 427 g/mol. The SMILES string of the molecule is COc1cc2nn(C3CCC(C(C)C)CC3)cc2cc1NC(=O)c1cc(F)cc(F)c1. The zero-order valence-electron chi connectivity index (χ0n) is 18.0. The number of hydrogen-bond acceptors (Lipinski definition) is 3. The predicted octanol–water partition coefficient (Wildman–Crippen LogP) is 5.96. The number of halogens is 2. The van der Waals surface area contributed by atoms with Crippen LogP contribution < -0.4 is 10.1 Å². The molecule has 31 heavy (non-hydrogen) atoms. The van der Waals surface area contributed by atoms with Gasteiger partial charge in [-0.05, 0) is 55.7 Å². The van der Waals surface area contributed by atoms with Crippen molar-refractivity contribution >= 4 is 22.5 Å². The van der Waals surface area contributed by atoms with Crippen LogP contribution in [0.3, 0.4) is 0 Å². The molecule has 1 aromatic heterocycles. The Balaban J connectivity index is 1.58. The van der Waals surface area contributed by atoms with Crippen LogP contribution in [0.2, 0.25) is 0 Å². The standard InChI is InChI=1S/C24H27F2N3O2/c1-14(2)15-4-6-20(7-5-15)29-13-17-10-22(23(31-3)12-21(17)28-29)27-24(30)16-8-18(25)11-19(26)9-16/h8-15,20H,4-7H2,1-3H3,(H,27,30). The Labute approximate surface area is 180 Å². The van der Waals surface area contributed by atoms with Crippen LogP contribution in [0.15, 0.2) is 36.5 Å². The van der Waals surface area contributed by atoms with Crippen LogP contribution in [-0.4, -0.2) is 22.8 Å². The number of amides is 1. The van der Waals surface area contributed by atoms with E-state index in [1.54, 1.807) is 12.1 Å². The zero-order valence-corrected chi connectivity index (χ0v) is 18.0. The van der Waals surface area contributed by atoms with Crippen LogP contribution in [0.1, 0.15) is 55.9 Å². The van der Waals surface area contributed by atoms with Gasteiger partial charge in [0.05, 0.1) is 24.4 Å². The smallest absolute Gasteiger partial charge is 0.255 e. The summed E-state index contributed by atoms with van der Waals surface area (Å²) >= 11 is 0. The van der Waals surface area contributed by atoms with Crippen molar-refractivity contribution in [2.45, 2.75) is 45.6 Å². The third-order valence-corrected chi connectivity index (χ3v) is 6.27. The molecule has 0 atom stereocenters. The van der Waals surface area contributed by atoms with E-state index in [4.69, 9.17) is 9.84 Å². The predicted molar refractivity (Wildman–Crippen MR) is 116 cm³/mol. The van der Waals surface area contributed by atoms with E-state index >= 15 is 0 Å². The lowest BCUT2D eigenvalue weighted by Gasteiger charge is -2.30. The minimum Gasteiger partial charge on any atom is -0.494 e.